The molecular formula is C15H22N2O2S2. The molecule has 2 amide bonds. The van der Waals surface area contributed by atoms with Gasteiger partial charge in [-0.1, -0.05) is 30.3 Å². The van der Waals surface area contributed by atoms with Gasteiger partial charge in [-0.2, -0.15) is 23.5 Å². The molecule has 6 heteroatoms. The highest BCUT2D eigenvalue weighted by Crippen LogP contribution is 2.03. The summed E-state index contributed by atoms with van der Waals surface area (Å²) in [5.74, 6) is 0.878. The van der Waals surface area contributed by atoms with Gasteiger partial charge in [0.2, 0.25) is 11.8 Å². The van der Waals surface area contributed by atoms with Gasteiger partial charge in [0.05, 0.1) is 17.5 Å². The lowest BCUT2D eigenvalue weighted by Gasteiger charge is -2.19. The van der Waals surface area contributed by atoms with Crippen LogP contribution in [-0.4, -0.2) is 48.4 Å². The van der Waals surface area contributed by atoms with E-state index in [-0.39, 0.29) is 17.9 Å². The molecule has 0 aromatic heterocycles. The van der Waals surface area contributed by atoms with E-state index in [0.717, 1.165) is 5.56 Å². The zero-order valence-electron chi connectivity index (χ0n) is 12.4. The van der Waals surface area contributed by atoms with Crippen LogP contribution in [-0.2, 0) is 16.0 Å². The van der Waals surface area contributed by atoms with Crippen LogP contribution in [0.2, 0.25) is 0 Å². The Morgan fingerprint density at radius 2 is 1.67 bits per heavy atom. The van der Waals surface area contributed by atoms with Crippen LogP contribution < -0.4 is 10.6 Å². The summed E-state index contributed by atoms with van der Waals surface area (Å²) in [6.45, 7) is 0.453. The predicted octanol–water partition coefficient (Wildman–Crippen LogP) is 1.56. The molecule has 0 radical (unpaired) electrons. The summed E-state index contributed by atoms with van der Waals surface area (Å²) in [5.41, 5.74) is 1.14. The van der Waals surface area contributed by atoms with Crippen LogP contribution in [0.1, 0.15) is 5.56 Å². The maximum absolute atomic E-state index is 11.8. The highest BCUT2D eigenvalue weighted by atomic mass is 32.2. The van der Waals surface area contributed by atoms with Crippen LogP contribution in [0.5, 0.6) is 0 Å². The molecule has 0 aliphatic carbocycles. The number of amides is 2. The van der Waals surface area contributed by atoms with E-state index in [1.165, 1.54) is 23.5 Å². The Bertz CT molecular complexity index is 441. The summed E-state index contributed by atoms with van der Waals surface area (Å²) in [5, 5.41) is 5.85. The number of hydrogen-bond donors (Lipinski definition) is 2. The van der Waals surface area contributed by atoms with Crippen molar-refractivity contribution in [2.24, 2.45) is 0 Å². The number of rotatable bonds is 9. The number of nitrogens with one attached hydrogen (secondary N) is 2. The Kier molecular flexibility index (Phi) is 9.01. The summed E-state index contributed by atoms with van der Waals surface area (Å²) in [6.07, 6.45) is 4.49. The first-order valence-electron chi connectivity index (χ1n) is 6.73. The van der Waals surface area contributed by atoms with Crippen molar-refractivity contribution in [3.05, 3.63) is 35.9 Å². The molecule has 0 bridgehead atoms. The van der Waals surface area contributed by atoms with Crippen LogP contribution in [0.4, 0.5) is 0 Å². The summed E-state index contributed by atoms with van der Waals surface area (Å²) in [4.78, 5) is 23.3. The van der Waals surface area contributed by atoms with Crippen molar-refractivity contribution in [1.29, 1.82) is 0 Å². The molecule has 0 aliphatic heterocycles. The molecule has 2 N–H and O–H groups in total. The van der Waals surface area contributed by atoms with E-state index in [1.807, 2.05) is 42.8 Å². The molecule has 0 unspecified atom stereocenters. The molecule has 0 heterocycles. The van der Waals surface area contributed by atoms with Crippen LogP contribution in [0, 0.1) is 0 Å². The number of carbonyl (C=O) groups excluding carboxylic acids is 2. The van der Waals surface area contributed by atoms with Crippen molar-refractivity contribution in [2.75, 3.05) is 30.6 Å². The number of carbonyl (C=O) groups is 2. The van der Waals surface area contributed by atoms with E-state index in [4.69, 9.17) is 0 Å². The Hall–Kier alpha value is -1.14. The summed E-state index contributed by atoms with van der Waals surface area (Å²) < 4.78 is 0. The minimum absolute atomic E-state index is 0.000299. The van der Waals surface area contributed by atoms with E-state index in [2.05, 4.69) is 10.6 Å². The lowest BCUT2D eigenvalue weighted by atomic mass is 10.1. The van der Waals surface area contributed by atoms with Crippen molar-refractivity contribution in [3.8, 4) is 0 Å². The number of hydrogen-bond acceptors (Lipinski definition) is 4. The van der Waals surface area contributed by atoms with Crippen LogP contribution in [0.3, 0.4) is 0 Å². The number of benzene rings is 1. The fourth-order valence-electron chi connectivity index (χ4n) is 1.89. The molecule has 0 aliphatic rings. The molecule has 1 aromatic rings. The van der Waals surface area contributed by atoms with Crippen molar-refractivity contribution in [1.82, 2.24) is 10.6 Å². The Morgan fingerprint density at radius 1 is 1.05 bits per heavy atom. The second kappa shape index (κ2) is 10.6. The van der Waals surface area contributed by atoms with Crippen molar-refractivity contribution >= 4 is 35.3 Å². The third kappa shape index (κ3) is 8.02. The van der Waals surface area contributed by atoms with E-state index in [9.17, 15) is 9.59 Å². The standard InChI is InChI=1S/C15H22N2O2S2/c1-20-10-14(18)16-9-13(17-15(19)11-21-2)8-12-6-4-3-5-7-12/h3-7,13H,8-11H2,1-2H3,(H,16,18)(H,17,19)/t13-/m0/s1. The smallest absolute Gasteiger partial charge is 0.230 e. The lowest BCUT2D eigenvalue weighted by molar-refractivity contribution is -0.121. The topological polar surface area (TPSA) is 58.2 Å². The second-order valence-corrected chi connectivity index (χ2v) is 6.36. The fourth-order valence-corrected chi connectivity index (χ4v) is 2.60. The Labute approximate surface area is 134 Å². The van der Waals surface area contributed by atoms with Gasteiger partial charge in [-0.05, 0) is 24.5 Å². The van der Waals surface area contributed by atoms with Gasteiger partial charge in [0, 0.05) is 6.54 Å². The molecule has 116 valence electrons. The fraction of sp³-hybridized carbons (Fsp3) is 0.467. The maximum atomic E-state index is 11.8. The minimum atomic E-state index is -0.0853. The Balaban J connectivity index is 2.56. The van der Waals surface area contributed by atoms with Gasteiger partial charge < -0.3 is 10.6 Å². The first-order chi connectivity index (χ1) is 10.2. The highest BCUT2D eigenvalue weighted by molar-refractivity contribution is 7.99. The van der Waals surface area contributed by atoms with Crippen molar-refractivity contribution < 1.29 is 9.59 Å². The van der Waals surface area contributed by atoms with Crippen LogP contribution >= 0.6 is 23.5 Å². The lowest BCUT2D eigenvalue weighted by Crippen LogP contribution is -2.46. The minimum Gasteiger partial charge on any atom is -0.353 e. The number of thioether (sulfide) groups is 2. The SMILES string of the molecule is CSCC(=O)NC[C@H](Cc1ccccc1)NC(=O)CSC. The van der Waals surface area contributed by atoms with E-state index < -0.39 is 0 Å². The molecule has 1 rings (SSSR count). The average Bonchev–Trinajstić information content (AvgIpc) is 2.46. The van der Waals surface area contributed by atoms with E-state index >= 15 is 0 Å². The summed E-state index contributed by atoms with van der Waals surface area (Å²) in [7, 11) is 0. The molecule has 0 saturated heterocycles. The molecule has 1 atom stereocenters. The zero-order valence-corrected chi connectivity index (χ0v) is 14.1. The predicted molar refractivity (Wildman–Crippen MR) is 91.9 cm³/mol. The van der Waals surface area contributed by atoms with E-state index in [0.29, 0.717) is 24.5 Å². The van der Waals surface area contributed by atoms with Gasteiger partial charge in [0.1, 0.15) is 0 Å². The Morgan fingerprint density at radius 3 is 2.29 bits per heavy atom. The third-order valence-electron chi connectivity index (χ3n) is 2.79. The quantitative estimate of drug-likeness (QED) is 0.723. The maximum Gasteiger partial charge on any atom is 0.230 e. The van der Waals surface area contributed by atoms with Gasteiger partial charge in [-0.25, -0.2) is 0 Å². The average molecular weight is 326 g/mol. The second-order valence-electron chi connectivity index (χ2n) is 4.62. The monoisotopic (exact) mass is 326 g/mol. The van der Waals surface area contributed by atoms with Crippen LogP contribution in [0.15, 0.2) is 30.3 Å². The van der Waals surface area contributed by atoms with Crippen molar-refractivity contribution in [3.63, 3.8) is 0 Å². The third-order valence-corrected chi connectivity index (χ3v) is 3.89. The molecule has 0 fully saturated rings. The zero-order chi connectivity index (χ0) is 15.5. The molecule has 1 aromatic carbocycles. The largest absolute Gasteiger partial charge is 0.353 e. The van der Waals surface area contributed by atoms with Gasteiger partial charge >= 0.3 is 0 Å². The molecule has 0 saturated carbocycles. The summed E-state index contributed by atoms with van der Waals surface area (Å²) in [6, 6.07) is 9.88. The first-order valence-corrected chi connectivity index (χ1v) is 9.52. The molecule has 21 heavy (non-hydrogen) atoms. The first kappa shape index (κ1) is 17.9. The van der Waals surface area contributed by atoms with Crippen molar-refractivity contribution in [2.45, 2.75) is 12.5 Å². The van der Waals surface area contributed by atoms with E-state index in [1.54, 1.807) is 0 Å². The van der Waals surface area contributed by atoms with Gasteiger partial charge in [0.25, 0.3) is 0 Å². The normalized spacial score (nSPS) is 11.7. The highest BCUT2D eigenvalue weighted by Gasteiger charge is 2.14. The van der Waals surface area contributed by atoms with Gasteiger partial charge in [-0.15, -0.1) is 0 Å². The van der Waals surface area contributed by atoms with Crippen LogP contribution in [0.25, 0.3) is 0 Å². The molecule has 0 spiro atoms. The van der Waals surface area contributed by atoms with Gasteiger partial charge in [-0.3, -0.25) is 9.59 Å². The molecular weight excluding hydrogens is 304 g/mol. The molecule has 4 nitrogen and oxygen atoms in total. The van der Waals surface area contributed by atoms with Gasteiger partial charge in [0.15, 0.2) is 0 Å². The summed E-state index contributed by atoms with van der Waals surface area (Å²) >= 11 is 2.97.